The van der Waals surface area contributed by atoms with E-state index in [1.54, 1.807) is 0 Å². The standard InChI is InChI=1S/C30H27F4N5O5/c1-43-21-9-16(8-17-11-39(28(33)34)38-23(17)21)26(40)36-13-30(42,18-4-5-18)22-10-20-25(44-14-29(20,12-31)27(35)41)24(37-22)15-2-6-19(32)7-3-15/h2-3,6-11,18,28,42H,4-5,12-14H2,1H3,(H2,35,41)(H,36,40)/t29-,30?/m0/s1. The number of nitrogens with two attached hydrogens (primary N) is 1. The minimum atomic E-state index is -2.89. The number of alkyl halides is 3. The molecule has 2 amide bonds. The average Bonchev–Trinajstić information content (AvgIpc) is 3.67. The summed E-state index contributed by atoms with van der Waals surface area (Å²) < 4.78 is 66.1. The monoisotopic (exact) mass is 613 g/mol. The number of hydrogen-bond donors (Lipinski definition) is 3. The zero-order valence-electron chi connectivity index (χ0n) is 23.3. The molecule has 1 aliphatic heterocycles. The highest BCUT2D eigenvalue weighted by Crippen LogP contribution is 2.50. The Hall–Kier alpha value is -4.72. The predicted molar refractivity (Wildman–Crippen MR) is 148 cm³/mol. The Labute approximate surface area is 247 Å². The lowest BCUT2D eigenvalue weighted by molar-refractivity contribution is -0.124. The Balaban J connectivity index is 1.39. The van der Waals surface area contributed by atoms with Gasteiger partial charge in [-0.05, 0) is 61.2 Å². The van der Waals surface area contributed by atoms with Gasteiger partial charge in [-0.3, -0.25) is 9.59 Å². The number of nitrogens with zero attached hydrogens (tertiary/aromatic N) is 3. The van der Waals surface area contributed by atoms with Gasteiger partial charge in [-0.25, -0.2) is 18.4 Å². The normalized spacial score (nSPS) is 19.0. The number of primary amides is 1. The van der Waals surface area contributed by atoms with Crippen molar-refractivity contribution >= 4 is 22.7 Å². The topological polar surface area (TPSA) is 142 Å². The number of pyridine rings is 1. The molecule has 4 aromatic rings. The van der Waals surface area contributed by atoms with Crippen LogP contribution in [-0.2, 0) is 15.8 Å². The summed E-state index contributed by atoms with van der Waals surface area (Å²) in [6, 6.07) is 9.35. The third-order valence-electron chi connectivity index (χ3n) is 8.26. The van der Waals surface area contributed by atoms with Crippen LogP contribution in [0.15, 0.2) is 48.7 Å². The van der Waals surface area contributed by atoms with Crippen molar-refractivity contribution in [2.75, 3.05) is 26.9 Å². The number of aromatic nitrogens is 3. The maximum absolute atomic E-state index is 14.5. The molecular formula is C30H27F4N5O5. The lowest BCUT2D eigenvalue weighted by atomic mass is 9.80. The number of carbonyl (C=O) groups excluding carboxylic acids is 2. The minimum Gasteiger partial charge on any atom is -0.494 e. The molecule has 0 bridgehead atoms. The largest absolute Gasteiger partial charge is 0.494 e. The fourth-order valence-electron chi connectivity index (χ4n) is 5.54. The molecule has 1 aliphatic carbocycles. The highest BCUT2D eigenvalue weighted by atomic mass is 19.3. The second kappa shape index (κ2) is 10.8. The number of aliphatic hydroxyl groups is 1. The second-order valence-electron chi connectivity index (χ2n) is 11.0. The van der Waals surface area contributed by atoms with E-state index in [0.29, 0.717) is 23.1 Å². The Kier molecular flexibility index (Phi) is 7.19. The molecule has 6 rings (SSSR count). The average molecular weight is 614 g/mol. The Bertz CT molecular complexity index is 1780. The molecule has 14 heteroatoms. The number of ether oxygens (including phenoxy) is 2. The third kappa shape index (κ3) is 4.78. The van der Waals surface area contributed by atoms with Crippen molar-refractivity contribution in [3.8, 4) is 22.8 Å². The van der Waals surface area contributed by atoms with Crippen LogP contribution in [0.25, 0.3) is 22.2 Å². The maximum atomic E-state index is 14.5. The van der Waals surface area contributed by atoms with Gasteiger partial charge < -0.3 is 25.6 Å². The summed E-state index contributed by atoms with van der Waals surface area (Å²) in [6.07, 6.45) is 2.26. The number of amides is 2. The van der Waals surface area contributed by atoms with E-state index in [1.165, 1.54) is 49.6 Å². The molecule has 2 atom stereocenters. The van der Waals surface area contributed by atoms with E-state index in [2.05, 4.69) is 15.4 Å². The molecule has 0 radical (unpaired) electrons. The van der Waals surface area contributed by atoms with Crippen LogP contribution in [0.3, 0.4) is 0 Å². The van der Waals surface area contributed by atoms with Crippen LogP contribution in [0.2, 0.25) is 0 Å². The second-order valence-corrected chi connectivity index (χ2v) is 11.0. The lowest BCUT2D eigenvalue weighted by Gasteiger charge is -2.30. The molecule has 230 valence electrons. The maximum Gasteiger partial charge on any atom is 0.333 e. The summed E-state index contributed by atoms with van der Waals surface area (Å²) in [5, 5.41) is 18.8. The lowest BCUT2D eigenvalue weighted by Crippen LogP contribution is -2.46. The molecule has 44 heavy (non-hydrogen) atoms. The number of benzene rings is 2. The zero-order valence-corrected chi connectivity index (χ0v) is 23.3. The molecule has 1 unspecified atom stereocenters. The number of rotatable bonds is 10. The van der Waals surface area contributed by atoms with E-state index in [9.17, 15) is 32.3 Å². The van der Waals surface area contributed by atoms with Crippen molar-refractivity contribution in [2.24, 2.45) is 11.7 Å². The smallest absolute Gasteiger partial charge is 0.333 e. The predicted octanol–water partition coefficient (Wildman–Crippen LogP) is 3.75. The summed E-state index contributed by atoms with van der Waals surface area (Å²) in [4.78, 5) is 30.5. The molecule has 1 saturated carbocycles. The van der Waals surface area contributed by atoms with E-state index in [-0.39, 0.29) is 57.4 Å². The first kappa shape index (κ1) is 29.4. The fraction of sp³-hybridized carbons (Fsp3) is 0.333. The third-order valence-corrected chi connectivity index (χ3v) is 8.26. The van der Waals surface area contributed by atoms with Crippen molar-refractivity contribution in [3.05, 3.63) is 71.3 Å². The molecule has 0 spiro atoms. The summed E-state index contributed by atoms with van der Waals surface area (Å²) in [6.45, 7) is -4.80. The van der Waals surface area contributed by atoms with Crippen LogP contribution in [0.5, 0.6) is 11.5 Å². The highest BCUT2D eigenvalue weighted by Gasteiger charge is 2.52. The number of hydrogen-bond acceptors (Lipinski definition) is 7. The summed E-state index contributed by atoms with van der Waals surface area (Å²) in [7, 11) is 1.31. The number of fused-ring (bicyclic) bond motifs is 2. The number of methoxy groups -OCH3 is 1. The molecule has 0 saturated heterocycles. The summed E-state index contributed by atoms with van der Waals surface area (Å²) in [5.74, 6) is -2.29. The van der Waals surface area contributed by atoms with Crippen LogP contribution in [0, 0.1) is 11.7 Å². The van der Waals surface area contributed by atoms with Crippen molar-refractivity contribution in [3.63, 3.8) is 0 Å². The quantitative estimate of drug-likeness (QED) is 0.231. The Morgan fingerprint density at radius 1 is 1.25 bits per heavy atom. The highest BCUT2D eigenvalue weighted by molar-refractivity contribution is 6.00. The van der Waals surface area contributed by atoms with Crippen LogP contribution < -0.4 is 20.5 Å². The van der Waals surface area contributed by atoms with E-state index in [4.69, 9.17) is 15.2 Å². The fourth-order valence-corrected chi connectivity index (χ4v) is 5.54. The minimum absolute atomic E-state index is 0.0363. The van der Waals surface area contributed by atoms with Gasteiger partial charge in [0.25, 0.3) is 5.91 Å². The molecule has 3 heterocycles. The van der Waals surface area contributed by atoms with Gasteiger partial charge in [-0.2, -0.15) is 13.9 Å². The van der Waals surface area contributed by atoms with Crippen molar-refractivity contribution in [1.29, 1.82) is 0 Å². The van der Waals surface area contributed by atoms with E-state index >= 15 is 0 Å². The SMILES string of the molecule is COc1cc(C(=O)NCC(O)(c2cc3c(c(-c4ccc(F)cc4)n2)OC[C@]3(CF)C(N)=O)C2CC2)cc2cn(C(F)F)nc12. The molecule has 10 nitrogen and oxygen atoms in total. The van der Waals surface area contributed by atoms with Gasteiger partial charge in [0.2, 0.25) is 5.91 Å². The van der Waals surface area contributed by atoms with E-state index in [1.807, 2.05) is 0 Å². The van der Waals surface area contributed by atoms with Gasteiger partial charge in [0.1, 0.15) is 52.8 Å². The van der Waals surface area contributed by atoms with Crippen LogP contribution in [-0.4, -0.2) is 58.6 Å². The molecule has 2 aromatic carbocycles. The molecule has 1 fully saturated rings. The van der Waals surface area contributed by atoms with Gasteiger partial charge in [0, 0.05) is 28.3 Å². The van der Waals surface area contributed by atoms with Crippen molar-refractivity contribution in [2.45, 2.75) is 30.4 Å². The van der Waals surface area contributed by atoms with E-state index < -0.39 is 48.5 Å². The van der Waals surface area contributed by atoms with Crippen molar-refractivity contribution < 1.29 is 41.7 Å². The van der Waals surface area contributed by atoms with Crippen molar-refractivity contribution in [1.82, 2.24) is 20.1 Å². The molecule has 2 aromatic heterocycles. The molecule has 4 N–H and O–H groups in total. The van der Waals surface area contributed by atoms with Crippen LogP contribution >= 0.6 is 0 Å². The first-order chi connectivity index (χ1) is 21.0. The Morgan fingerprint density at radius 3 is 2.59 bits per heavy atom. The number of carbonyl (C=O) groups is 2. The van der Waals surface area contributed by atoms with Gasteiger partial charge in [0.05, 0.1) is 19.3 Å². The summed E-state index contributed by atoms with van der Waals surface area (Å²) >= 11 is 0. The van der Waals surface area contributed by atoms with E-state index in [0.717, 1.165) is 6.20 Å². The zero-order chi connectivity index (χ0) is 31.4. The van der Waals surface area contributed by atoms with Gasteiger partial charge in [0.15, 0.2) is 0 Å². The van der Waals surface area contributed by atoms with Crippen LogP contribution in [0.1, 0.15) is 41.0 Å². The molecule has 2 aliphatic rings. The number of halogens is 4. The molecular weight excluding hydrogens is 586 g/mol. The Morgan fingerprint density at radius 2 is 1.98 bits per heavy atom. The summed E-state index contributed by atoms with van der Waals surface area (Å²) in [5.41, 5.74) is 2.87. The van der Waals surface area contributed by atoms with Crippen LogP contribution in [0.4, 0.5) is 17.6 Å². The first-order valence-corrected chi connectivity index (χ1v) is 13.7. The first-order valence-electron chi connectivity index (χ1n) is 13.7. The van der Waals surface area contributed by atoms with Gasteiger partial charge >= 0.3 is 6.55 Å². The van der Waals surface area contributed by atoms with Gasteiger partial charge in [-0.15, -0.1) is 0 Å². The van der Waals surface area contributed by atoms with Gasteiger partial charge in [-0.1, -0.05) is 0 Å². The number of nitrogens with one attached hydrogen (secondary N) is 1.